The van der Waals surface area contributed by atoms with Crippen molar-refractivity contribution in [3.05, 3.63) is 41.2 Å². The molecule has 1 saturated heterocycles. The Morgan fingerprint density at radius 3 is 2.52 bits per heavy atom. The third-order valence-electron chi connectivity index (χ3n) is 3.67. The van der Waals surface area contributed by atoms with E-state index in [0.29, 0.717) is 5.69 Å². The van der Waals surface area contributed by atoms with Crippen LogP contribution in [0.15, 0.2) is 30.4 Å². The summed E-state index contributed by atoms with van der Waals surface area (Å²) in [4.78, 5) is 23.6. The highest BCUT2D eigenvalue weighted by molar-refractivity contribution is 6.31. The van der Waals surface area contributed by atoms with Crippen LogP contribution < -0.4 is 5.32 Å². The number of carbonyl (C=O) groups excluding carboxylic acids is 1. The Hall–Kier alpha value is -1.92. The number of aliphatic carboxylic acids is 1. The van der Waals surface area contributed by atoms with Crippen molar-refractivity contribution >= 4 is 29.2 Å². The molecule has 7 heteroatoms. The van der Waals surface area contributed by atoms with Gasteiger partial charge in [-0.05, 0) is 18.2 Å². The SMILES string of the molecule is O=C(O)[C@@H]1[C@H](C(=O)Nc2ccc(F)c(Cl)c2)[C@@H]2C=C[C@@H]1O2. The zero-order chi connectivity index (χ0) is 15.1. The number of anilines is 1. The lowest BCUT2D eigenvalue weighted by molar-refractivity contribution is -0.145. The van der Waals surface area contributed by atoms with E-state index < -0.39 is 41.7 Å². The number of ether oxygens (including phenoxy) is 1. The third kappa shape index (κ3) is 2.41. The Balaban J connectivity index is 1.80. The number of halogens is 2. The van der Waals surface area contributed by atoms with Gasteiger partial charge >= 0.3 is 5.97 Å². The van der Waals surface area contributed by atoms with E-state index >= 15 is 0 Å². The normalized spacial score (nSPS) is 29.6. The lowest BCUT2D eigenvalue weighted by atomic mass is 9.82. The fourth-order valence-corrected chi connectivity index (χ4v) is 2.90. The fraction of sp³-hybridized carbons (Fsp3) is 0.286. The average molecular weight is 312 g/mol. The van der Waals surface area contributed by atoms with Crippen molar-refractivity contribution in [2.24, 2.45) is 11.8 Å². The van der Waals surface area contributed by atoms with Crippen molar-refractivity contribution in [3.8, 4) is 0 Å². The van der Waals surface area contributed by atoms with Crippen LogP contribution in [0.2, 0.25) is 5.02 Å². The summed E-state index contributed by atoms with van der Waals surface area (Å²) < 4.78 is 18.5. The average Bonchev–Trinajstić information content (AvgIpc) is 3.03. The van der Waals surface area contributed by atoms with E-state index in [2.05, 4.69) is 5.32 Å². The molecule has 0 spiro atoms. The van der Waals surface area contributed by atoms with Gasteiger partial charge in [0.15, 0.2) is 0 Å². The molecule has 5 nitrogen and oxygen atoms in total. The van der Waals surface area contributed by atoms with E-state index in [0.717, 1.165) is 6.07 Å². The van der Waals surface area contributed by atoms with Crippen molar-refractivity contribution < 1.29 is 23.8 Å². The van der Waals surface area contributed by atoms with Gasteiger partial charge in [-0.1, -0.05) is 23.8 Å². The number of nitrogens with one attached hydrogen (secondary N) is 1. The molecule has 0 unspecified atom stereocenters. The molecule has 0 saturated carbocycles. The third-order valence-corrected chi connectivity index (χ3v) is 3.96. The molecule has 4 atom stereocenters. The second-order valence-electron chi connectivity index (χ2n) is 4.96. The Labute approximate surface area is 124 Å². The Morgan fingerprint density at radius 2 is 1.90 bits per heavy atom. The first-order chi connectivity index (χ1) is 9.97. The van der Waals surface area contributed by atoms with Crippen LogP contribution in [0.3, 0.4) is 0 Å². The van der Waals surface area contributed by atoms with E-state index in [-0.39, 0.29) is 5.02 Å². The van der Waals surface area contributed by atoms with Crippen LogP contribution in [0.5, 0.6) is 0 Å². The number of rotatable bonds is 3. The molecule has 3 rings (SSSR count). The summed E-state index contributed by atoms with van der Waals surface area (Å²) in [6.07, 6.45) is 2.21. The van der Waals surface area contributed by atoms with Crippen LogP contribution >= 0.6 is 11.6 Å². The molecule has 2 heterocycles. The topological polar surface area (TPSA) is 75.6 Å². The first-order valence-corrected chi connectivity index (χ1v) is 6.67. The van der Waals surface area contributed by atoms with Crippen LogP contribution in [-0.4, -0.2) is 29.2 Å². The summed E-state index contributed by atoms with van der Waals surface area (Å²) in [5.41, 5.74) is 0.308. The Morgan fingerprint density at radius 1 is 1.24 bits per heavy atom. The fourth-order valence-electron chi connectivity index (χ4n) is 2.71. The first kappa shape index (κ1) is 14.0. The lowest BCUT2D eigenvalue weighted by Crippen LogP contribution is -2.39. The quantitative estimate of drug-likeness (QED) is 0.838. The van der Waals surface area contributed by atoms with Gasteiger partial charge in [0, 0.05) is 5.69 Å². The molecule has 2 N–H and O–H groups in total. The van der Waals surface area contributed by atoms with E-state index in [1.54, 1.807) is 12.2 Å². The smallest absolute Gasteiger partial charge is 0.310 e. The number of benzene rings is 1. The predicted octanol–water partition coefficient (Wildman–Crippen LogP) is 2.07. The maximum Gasteiger partial charge on any atom is 0.310 e. The molecule has 1 aromatic rings. The molecule has 2 aliphatic rings. The van der Waals surface area contributed by atoms with Gasteiger partial charge in [-0.2, -0.15) is 0 Å². The highest BCUT2D eigenvalue weighted by Crippen LogP contribution is 2.39. The van der Waals surface area contributed by atoms with Gasteiger partial charge in [0.05, 0.1) is 23.1 Å². The summed E-state index contributed by atoms with van der Waals surface area (Å²) in [5, 5.41) is 11.7. The van der Waals surface area contributed by atoms with E-state index in [4.69, 9.17) is 16.3 Å². The Bertz CT molecular complexity index is 648. The van der Waals surface area contributed by atoms with Crippen molar-refractivity contribution in [1.29, 1.82) is 0 Å². The predicted molar refractivity (Wildman–Crippen MR) is 72.5 cm³/mol. The molecule has 0 aliphatic carbocycles. The van der Waals surface area contributed by atoms with Gasteiger partial charge in [0.1, 0.15) is 11.7 Å². The van der Waals surface area contributed by atoms with Gasteiger partial charge in [-0.3, -0.25) is 9.59 Å². The molecule has 0 aromatic heterocycles. The van der Waals surface area contributed by atoms with E-state index in [1.165, 1.54) is 12.1 Å². The number of carboxylic acids is 1. The van der Waals surface area contributed by atoms with Crippen molar-refractivity contribution in [1.82, 2.24) is 0 Å². The van der Waals surface area contributed by atoms with Crippen molar-refractivity contribution in [2.75, 3.05) is 5.32 Å². The zero-order valence-corrected chi connectivity index (χ0v) is 11.4. The summed E-state index contributed by atoms with van der Waals surface area (Å²) in [5.74, 6) is -3.90. The summed E-state index contributed by atoms with van der Waals surface area (Å²) in [6.45, 7) is 0. The first-order valence-electron chi connectivity index (χ1n) is 6.30. The molecular formula is C14H11ClFNO4. The molecule has 1 aromatic carbocycles. The van der Waals surface area contributed by atoms with Crippen LogP contribution in [0, 0.1) is 17.7 Å². The van der Waals surface area contributed by atoms with Crippen LogP contribution in [0.1, 0.15) is 0 Å². The number of amides is 1. The monoisotopic (exact) mass is 311 g/mol. The van der Waals surface area contributed by atoms with E-state index in [1.807, 2.05) is 0 Å². The summed E-state index contributed by atoms with van der Waals surface area (Å²) in [6, 6.07) is 3.76. The number of fused-ring (bicyclic) bond motifs is 2. The van der Waals surface area contributed by atoms with Gasteiger partial charge in [0.2, 0.25) is 5.91 Å². The van der Waals surface area contributed by atoms with Gasteiger partial charge in [-0.25, -0.2) is 4.39 Å². The second kappa shape index (κ2) is 5.13. The highest BCUT2D eigenvalue weighted by Gasteiger charge is 2.53. The van der Waals surface area contributed by atoms with Crippen LogP contribution in [0.4, 0.5) is 10.1 Å². The molecule has 2 bridgehead atoms. The lowest BCUT2D eigenvalue weighted by Gasteiger charge is -2.21. The number of hydrogen-bond donors (Lipinski definition) is 2. The minimum atomic E-state index is -1.08. The molecule has 1 amide bonds. The van der Waals surface area contributed by atoms with Crippen molar-refractivity contribution in [3.63, 3.8) is 0 Å². The molecule has 2 aliphatic heterocycles. The Kier molecular flexibility index (Phi) is 3.43. The maximum absolute atomic E-state index is 13.1. The summed E-state index contributed by atoms with van der Waals surface area (Å²) >= 11 is 5.64. The minimum absolute atomic E-state index is 0.119. The largest absolute Gasteiger partial charge is 0.481 e. The van der Waals surface area contributed by atoms with Gasteiger partial charge in [-0.15, -0.1) is 0 Å². The van der Waals surface area contributed by atoms with E-state index in [9.17, 15) is 19.1 Å². The number of carboxylic acid groups (broad SMARTS) is 1. The zero-order valence-electron chi connectivity index (χ0n) is 10.6. The van der Waals surface area contributed by atoms with Crippen LogP contribution in [-0.2, 0) is 14.3 Å². The summed E-state index contributed by atoms with van der Waals surface area (Å²) in [7, 11) is 0. The molecule has 21 heavy (non-hydrogen) atoms. The molecule has 0 radical (unpaired) electrons. The number of carbonyl (C=O) groups is 2. The molecule has 1 fully saturated rings. The van der Waals surface area contributed by atoms with Gasteiger partial charge in [0.25, 0.3) is 0 Å². The number of hydrogen-bond acceptors (Lipinski definition) is 3. The second-order valence-corrected chi connectivity index (χ2v) is 5.37. The molecular weight excluding hydrogens is 301 g/mol. The highest BCUT2D eigenvalue weighted by atomic mass is 35.5. The standard InChI is InChI=1S/C14H11ClFNO4/c15-7-5-6(1-2-8(7)16)17-13(18)11-9-3-4-10(21-9)12(11)14(19)20/h1-5,9-12H,(H,17,18)(H,19,20)/t9-,10-,11+,12-/m0/s1. The van der Waals surface area contributed by atoms with Crippen LogP contribution in [0.25, 0.3) is 0 Å². The van der Waals surface area contributed by atoms with Gasteiger partial charge < -0.3 is 15.2 Å². The van der Waals surface area contributed by atoms with Crippen molar-refractivity contribution in [2.45, 2.75) is 12.2 Å². The molecule has 110 valence electrons. The minimum Gasteiger partial charge on any atom is -0.481 e. The maximum atomic E-state index is 13.1.